The standard InChI is InChI=1S/C18H20N2O2/c1-3-15-7-9-17(19-13-15)21-11-5-6-12-22-18-10-8-16(4-2)14-20-18/h3-4,7-10,13-14H,1-2,5-6,11-12H2. The van der Waals surface area contributed by atoms with E-state index in [9.17, 15) is 0 Å². The van der Waals surface area contributed by atoms with Gasteiger partial charge in [0.2, 0.25) is 11.8 Å². The molecule has 114 valence electrons. The molecule has 2 heterocycles. The Bertz CT molecular complexity index is 536. The van der Waals surface area contributed by atoms with Gasteiger partial charge < -0.3 is 9.47 Å². The van der Waals surface area contributed by atoms with Gasteiger partial charge in [-0.05, 0) is 36.1 Å². The molecule has 0 aliphatic rings. The molecule has 22 heavy (non-hydrogen) atoms. The molecule has 0 unspecified atom stereocenters. The lowest BCUT2D eigenvalue weighted by atomic mass is 10.3. The van der Waals surface area contributed by atoms with Crippen molar-refractivity contribution in [1.29, 1.82) is 0 Å². The lowest BCUT2D eigenvalue weighted by Gasteiger charge is -2.07. The monoisotopic (exact) mass is 296 g/mol. The first kappa shape index (κ1) is 15.8. The van der Waals surface area contributed by atoms with E-state index in [2.05, 4.69) is 23.1 Å². The van der Waals surface area contributed by atoms with Gasteiger partial charge in [0.25, 0.3) is 0 Å². The van der Waals surface area contributed by atoms with E-state index in [-0.39, 0.29) is 0 Å². The second kappa shape index (κ2) is 8.62. The van der Waals surface area contributed by atoms with Crippen LogP contribution < -0.4 is 9.47 Å². The van der Waals surface area contributed by atoms with Crippen molar-refractivity contribution in [3.63, 3.8) is 0 Å². The molecule has 0 saturated carbocycles. The number of hydrogen-bond acceptors (Lipinski definition) is 4. The Morgan fingerprint density at radius 1 is 0.773 bits per heavy atom. The Morgan fingerprint density at radius 3 is 1.55 bits per heavy atom. The van der Waals surface area contributed by atoms with Crippen LogP contribution in [0, 0.1) is 0 Å². The Labute approximate surface area is 131 Å². The van der Waals surface area contributed by atoms with Gasteiger partial charge in [0.05, 0.1) is 13.2 Å². The third kappa shape index (κ3) is 5.05. The van der Waals surface area contributed by atoms with Crippen LogP contribution in [0.2, 0.25) is 0 Å². The summed E-state index contributed by atoms with van der Waals surface area (Å²) < 4.78 is 11.1. The highest BCUT2D eigenvalue weighted by Crippen LogP contribution is 2.10. The molecule has 0 bridgehead atoms. The van der Waals surface area contributed by atoms with Crippen molar-refractivity contribution in [2.75, 3.05) is 13.2 Å². The molecular weight excluding hydrogens is 276 g/mol. The Morgan fingerprint density at radius 2 is 1.23 bits per heavy atom. The maximum atomic E-state index is 5.56. The highest BCUT2D eigenvalue weighted by Gasteiger charge is 1.97. The molecular formula is C18H20N2O2. The first-order valence-electron chi connectivity index (χ1n) is 7.24. The molecule has 2 aromatic heterocycles. The van der Waals surface area contributed by atoms with Crippen LogP contribution in [-0.4, -0.2) is 23.2 Å². The summed E-state index contributed by atoms with van der Waals surface area (Å²) in [5, 5.41) is 0. The normalized spacial score (nSPS) is 10.0. The van der Waals surface area contributed by atoms with E-state index in [1.165, 1.54) is 0 Å². The number of pyridine rings is 2. The third-order valence-corrected chi connectivity index (χ3v) is 3.03. The van der Waals surface area contributed by atoms with Gasteiger partial charge in [-0.1, -0.05) is 25.3 Å². The third-order valence-electron chi connectivity index (χ3n) is 3.03. The molecule has 0 aliphatic carbocycles. The number of hydrogen-bond donors (Lipinski definition) is 0. The van der Waals surface area contributed by atoms with Crippen molar-refractivity contribution in [2.45, 2.75) is 12.8 Å². The summed E-state index contributed by atoms with van der Waals surface area (Å²) in [6.45, 7) is 8.61. The first-order chi connectivity index (χ1) is 10.8. The lowest BCUT2D eigenvalue weighted by Crippen LogP contribution is -2.04. The number of rotatable bonds is 9. The number of unbranched alkanes of at least 4 members (excludes halogenated alkanes) is 1. The molecule has 0 radical (unpaired) electrons. The van der Waals surface area contributed by atoms with Crippen LogP contribution in [0.5, 0.6) is 11.8 Å². The van der Waals surface area contributed by atoms with E-state index in [4.69, 9.17) is 9.47 Å². The van der Waals surface area contributed by atoms with Gasteiger partial charge in [-0.25, -0.2) is 9.97 Å². The molecule has 0 aromatic carbocycles. The summed E-state index contributed by atoms with van der Waals surface area (Å²) in [7, 11) is 0. The summed E-state index contributed by atoms with van der Waals surface area (Å²) in [4.78, 5) is 8.38. The highest BCUT2D eigenvalue weighted by molar-refractivity contribution is 5.46. The van der Waals surface area contributed by atoms with Gasteiger partial charge in [0.15, 0.2) is 0 Å². The van der Waals surface area contributed by atoms with E-state index in [1.807, 2.05) is 24.3 Å². The van der Waals surface area contributed by atoms with Crippen LogP contribution in [-0.2, 0) is 0 Å². The molecule has 0 spiro atoms. The molecule has 2 aromatic rings. The second-order valence-electron chi connectivity index (χ2n) is 4.67. The van der Waals surface area contributed by atoms with Crippen LogP contribution in [0.15, 0.2) is 49.8 Å². The van der Waals surface area contributed by atoms with E-state index >= 15 is 0 Å². The summed E-state index contributed by atoms with van der Waals surface area (Å²) >= 11 is 0. The van der Waals surface area contributed by atoms with Crippen molar-refractivity contribution >= 4 is 12.2 Å². The molecule has 2 rings (SSSR count). The van der Waals surface area contributed by atoms with Gasteiger partial charge in [0, 0.05) is 24.5 Å². The molecule has 0 amide bonds. The van der Waals surface area contributed by atoms with Crippen LogP contribution >= 0.6 is 0 Å². The topological polar surface area (TPSA) is 44.2 Å². The van der Waals surface area contributed by atoms with Gasteiger partial charge in [-0.2, -0.15) is 0 Å². The molecule has 4 nitrogen and oxygen atoms in total. The Balaban J connectivity index is 1.60. The minimum atomic E-state index is 0.618. The van der Waals surface area contributed by atoms with Crippen LogP contribution in [0.3, 0.4) is 0 Å². The Kier molecular flexibility index (Phi) is 6.18. The molecule has 0 atom stereocenters. The predicted octanol–water partition coefficient (Wildman–Crippen LogP) is 4.00. The minimum absolute atomic E-state index is 0.618. The summed E-state index contributed by atoms with van der Waals surface area (Å²) in [5.41, 5.74) is 1.96. The molecule has 0 aliphatic heterocycles. The maximum Gasteiger partial charge on any atom is 0.213 e. The summed E-state index contributed by atoms with van der Waals surface area (Å²) in [6.07, 6.45) is 8.78. The predicted molar refractivity (Wildman–Crippen MR) is 88.9 cm³/mol. The number of nitrogens with zero attached hydrogens (tertiary/aromatic N) is 2. The van der Waals surface area contributed by atoms with E-state index in [0.717, 1.165) is 24.0 Å². The average molecular weight is 296 g/mol. The van der Waals surface area contributed by atoms with Crippen LogP contribution in [0.25, 0.3) is 12.2 Å². The van der Waals surface area contributed by atoms with Crippen molar-refractivity contribution in [3.05, 3.63) is 60.9 Å². The fraction of sp³-hybridized carbons (Fsp3) is 0.222. The first-order valence-corrected chi connectivity index (χ1v) is 7.24. The number of aromatic nitrogens is 2. The summed E-state index contributed by atoms with van der Waals surface area (Å²) in [6, 6.07) is 7.55. The van der Waals surface area contributed by atoms with Crippen molar-refractivity contribution in [1.82, 2.24) is 9.97 Å². The fourth-order valence-corrected chi connectivity index (χ4v) is 1.75. The fourth-order valence-electron chi connectivity index (χ4n) is 1.75. The zero-order valence-electron chi connectivity index (χ0n) is 12.6. The van der Waals surface area contributed by atoms with Crippen LogP contribution in [0.4, 0.5) is 0 Å². The van der Waals surface area contributed by atoms with E-state index in [0.29, 0.717) is 25.0 Å². The quantitative estimate of drug-likeness (QED) is 0.656. The zero-order chi connectivity index (χ0) is 15.6. The van der Waals surface area contributed by atoms with Gasteiger partial charge in [0.1, 0.15) is 0 Å². The zero-order valence-corrected chi connectivity index (χ0v) is 12.6. The highest BCUT2D eigenvalue weighted by atomic mass is 16.5. The van der Waals surface area contributed by atoms with Gasteiger partial charge in [-0.15, -0.1) is 0 Å². The lowest BCUT2D eigenvalue weighted by molar-refractivity contribution is 0.256. The largest absolute Gasteiger partial charge is 0.478 e. The van der Waals surface area contributed by atoms with Gasteiger partial charge >= 0.3 is 0 Å². The van der Waals surface area contributed by atoms with Crippen molar-refractivity contribution in [3.8, 4) is 11.8 Å². The van der Waals surface area contributed by atoms with Crippen molar-refractivity contribution in [2.24, 2.45) is 0 Å². The summed E-state index contributed by atoms with van der Waals surface area (Å²) in [5.74, 6) is 1.27. The van der Waals surface area contributed by atoms with Crippen LogP contribution in [0.1, 0.15) is 24.0 Å². The molecule has 0 saturated heterocycles. The second-order valence-corrected chi connectivity index (χ2v) is 4.67. The average Bonchev–Trinajstić information content (AvgIpc) is 2.59. The SMILES string of the molecule is C=Cc1ccc(OCCCCOc2ccc(C=C)cn2)nc1. The number of ether oxygens (including phenoxy) is 2. The van der Waals surface area contributed by atoms with E-state index in [1.54, 1.807) is 24.5 Å². The maximum absolute atomic E-state index is 5.56. The smallest absolute Gasteiger partial charge is 0.213 e. The van der Waals surface area contributed by atoms with Gasteiger partial charge in [-0.3, -0.25) is 0 Å². The molecule has 4 heteroatoms. The molecule has 0 N–H and O–H groups in total. The van der Waals surface area contributed by atoms with Crippen molar-refractivity contribution < 1.29 is 9.47 Å². The molecule has 0 fully saturated rings. The van der Waals surface area contributed by atoms with E-state index < -0.39 is 0 Å². The minimum Gasteiger partial charge on any atom is -0.478 e. The Hall–Kier alpha value is -2.62.